The first-order valence-electron chi connectivity index (χ1n) is 12.5. The fourth-order valence-electron chi connectivity index (χ4n) is 5.44. The van der Waals surface area contributed by atoms with E-state index in [9.17, 15) is 4.79 Å². The molecule has 4 aromatic rings. The number of ether oxygens (including phenoxy) is 2. The second kappa shape index (κ2) is 8.86. The van der Waals surface area contributed by atoms with Crippen LogP contribution in [0.2, 0.25) is 5.02 Å². The monoisotopic (exact) mass is 510 g/mol. The van der Waals surface area contributed by atoms with Crippen molar-refractivity contribution < 1.29 is 14.3 Å². The van der Waals surface area contributed by atoms with Crippen LogP contribution >= 0.6 is 11.6 Å². The number of aryl methyl sites for hydroxylation is 1. The molecule has 5 nitrogen and oxygen atoms in total. The van der Waals surface area contributed by atoms with E-state index in [0.717, 1.165) is 52.4 Å². The average molecular weight is 511 g/mol. The fraction of sp³-hybridized carbons (Fsp3) is 0.194. The highest BCUT2D eigenvalue weighted by Crippen LogP contribution is 2.57. The summed E-state index contributed by atoms with van der Waals surface area (Å²) in [6.45, 7) is 8.04. The van der Waals surface area contributed by atoms with Gasteiger partial charge in [0.25, 0.3) is 0 Å². The number of nitrogens with zero attached hydrogens (tertiary/aromatic N) is 1. The van der Waals surface area contributed by atoms with Crippen LogP contribution < -0.4 is 15.0 Å². The summed E-state index contributed by atoms with van der Waals surface area (Å²) in [5.41, 5.74) is 5.54. The third-order valence-corrected chi connectivity index (χ3v) is 7.64. The summed E-state index contributed by atoms with van der Waals surface area (Å²) in [6.07, 6.45) is 0. The zero-order valence-corrected chi connectivity index (χ0v) is 21.7. The molecule has 0 unspecified atom stereocenters. The summed E-state index contributed by atoms with van der Waals surface area (Å²) >= 11 is 6.45. The Hall–Kier alpha value is -3.96. The number of para-hydroxylation sites is 1. The van der Waals surface area contributed by atoms with Crippen LogP contribution in [0.15, 0.2) is 78.9 Å². The highest BCUT2D eigenvalue weighted by atomic mass is 35.5. The second-order valence-corrected chi connectivity index (χ2v) is 9.75. The molecule has 0 radical (unpaired) electrons. The van der Waals surface area contributed by atoms with Crippen molar-refractivity contribution in [2.45, 2.75) is 26.4 Å². The third-order valence-electron chi connectivity index (χ3n) is 7.31. The summed E-state index contributed by atoms with van der Waals surface area (Å²) in [7, 11) is 0. The molecule has 0 saturated carbocycles. The first-order valence-corrected chi connectivity index (χ1v) is 12.9. The number of hydrogen-bond acceptors (Lipinski definition) is 5. The van der Waals surface area contributed by atoms with Gasteiger partial charge in [-0.1, -0.05) is 41.9 Å². The van der Waals surface area contributed by atoms with Crippen molar-refractivity contribution in [3.05, 3.63) is 112 Å². The Labute approximate surface area is 221 Å². The minimum atomic E-state index is -1.12. The summed E-state index contributed by atoms with van der Waals surface area (Å²) in [4.78, 5) is 15.5. The Bertz CT molecular complexity index is 1550. The van der Waals surface area contributed by atoms with Crippen molar-refractivity contribution in [3.8, 4) is 11.5 Å². The summed E-state index contributed by atoms with van der Waals surface area (Å²) in [5, 5.41) is 4.08. The van der Waals surface area contributed by atoms with Crippen LogP contribution in [0.1, 0.15) is 46.5 Å². The molecule has 0 aromatic heterocycles. The van der Waals surface area contributed by atoms with E-state index in [1.165, 1.54) is 0 Å². The molecular formula is C31H27ClN2O3. The molecule has 1 atom stereocenters. The number of carbonyl (C=O) groups is 1. The molecule has 6 rings (SSSR count). The smallest absolute Gasteiger partial charge is 0.340 e. The van der Waals surface area contributed by atoms with Crippen molar-refractivity contribution in [3.63, 3.8) is 0 Å². The molecular weight excluding hydrogens is 484 g/mol. The van der Waals surface area contributed by atoms with Crippen LogP contribution in [0, 0.1) is 6.92 Å². The first-order chi connectivity index (χ1) is 18.0. The molecule has 4 aromatic carbocycles. The lowest BCUT2D eigenvalue weighted by atomic mass is 9.77. The Morgan fingerprint density at radius 3 is 2.35 bits per heavy atom. The number of esters is 1. The van der Waals surface area contributed by atoms with Gasteiger partial charge in [-0.05, 0) is 68.8 Å². The van der Waals surface area contributed by atoms with E-state index in [1.54, 1.807) is 0 Å². The number of halogens is 1. The van der Waals surface area contributed by atoms with Gasteiger partial charge < -0.3 is 19.7 Å². The third kappa shape index (κ3) is 3.57. The number of benzene rings is 4. The highest BCUT2D eigenvalue weighted by Gasteiger charge is 2.53. The van der Waals surface area contributed by atoms with Crippen LogP contribution in [-0.4, -0.2) is 19.1 Å². The zero-order chi connectivity index (χ0) is 25.7. The minimum absolute atomic E-state index is 0.344. The van der Waals surface area contributed by atoms with Gasteiger partial charge in [0.15, 0.2) is 5.60 Å². The first kappa shape index (κ1) is 23.4. The van der Waals surface area contributed by atoms with E-state index >= 15 is 0 Å². The molecule has 1 spiro atoms. The summed E-state index contributed by atoms with van der Waals surface area (Å²) in [6, 6.07) is 25.4. The second-order valence-electron chi connectivity index (χ2n) is 9.34. The van der Waals surface area contributed by atoms with Crippen molar-refractivity contribution in [2.24, 2.45) is 0 Å². The molecule has 186 valence electrons. The molecule has 0 bridgehead atoms. The standard InChI is InChI=1S/C31H27ClN2O3/c1-4-34(5-2)20-14-15-23-29(17-20)36-28-16-19(3)27(33-26-13-9-8-12-25(26)32)18-24(28)31(23)22-11-7-6-10-21(22)30(35)37-31/h6-18,33H,4-5H2,1-3H3/t31-/m1/s1. The van der Waals surface area contributed by atoms with E-state index in [2.05, 4.69) is 30.1 Å². The van der Waals surface area contributed by atoms with Gasteiger partial charge in [0.2, 0.25) is 0 Å². The maximum absolute atomic E-state index is 13.2. The molecule has 1 N–H and O–H groups in total. The predicted octanol–water partition coefficient (Wildman–Crippen LogP) is 7.81. The minimum Gasteiger partial charge on any atom is -0.456 e. The maximum atomic E-state index is 13.2. The molecule has 0 aliphatic carbocycles. The quantitative estimate of drug-likeness (QED) is 0.277. The van der Waals surface area contributed by atoms with Crippen LogP contribution in [0.3, 0.4) is 0 Å². The number of anilines is 3. The molecule has 0 amide bonds. The average Bonchev–Trinajstić information content (AvgIpc) is 3.20. The summed E-state index contributed by atoms with van der Waals surface area (Å²) in [5.74, 6) is 1.01. The van der Waals surface area contributed by atoms with Crippen molar-refractivity contribution in [1.82, 2.24) is 0 Å². The fourth-order valence-corrected chi connectivity index (χ4v) is 5.62. The highest BCUT2D eigenvalue weighted by molar-refractivity contribution is 6.33. The molecule has 6 heteroatoms. The molecule has 37 heavy (non-hydrogen) atoms. The number of hydrogen-bond donors (Lipinski definition) is 1. The number of rotatable bonds is 5. The van der Waals surface area contributed by atoms with E-state index in [-0.39, 0.29) is 5.97 Å². The topological polar surface area (TPSA) is 50.8 Å². The van der Waals surface area contributed by atoms with Gasteiger partial charge in [-0.25, -0.2) is 4.79 Å². The Morgan fingerprint density at radius 1 is 0.838 bits per heavy atom. The Balaban J connectivity index is 1.58. The van der Waals surface area contributed by atoms with Gasteiger partial charge in [-0.2, -0.15) is 0 Å². The van der Waals surface area contributed by atoms with E-state index < -0.39 is 5.60 Å². The molecule has 0 fully saturated rings. The van der Waals surface area contributed by atoms with E-state index in [0.29, 0.717) is 22.1 Å². The molecule has 2 aliphatic heterocycles. The number of carbonyl (C=O) groups excluding carboxylic acids is 1. The largest absolute Gasteiger partial charge is 0.456 e. The molecule has 2 aliphatic rings. The van der Waals surface area contributed by atoms with Crippen LogP contribution in [0.5, 0.6) is 11.5 Å². The van der Waals surface area contributed by atoms with Crippen molar-refractivity contribution in [2.75, 3.05) is 23.3 Å². The maximum Gasteiger partial charge on any atom is 0.340 e. The van der Waals surface area contributed by atoms with Gasteiger partial charge in [-0.3, -0.25) is 0 Å². The molecule has 2 heterocycles. The Kier molecular flexibility index (Phi) is 5.61. The lowest BCUT2D eigenvalue weighted by molar-refractivity contribution is 0.0224. The normalized spacial score (nSPS) is 16.9. The predicted molar refractivity (Wildman–Crippen MR) is 148 cm³/mol. The number of fused-ring (bicyclic) bond motifs is 6. The van der Waals surface area contributed by atoms with Gasteiger partial charge in [0, 0.05) is 47.2 Å². The summed E-state index contributed by atoms with van der Waals surface area (Å²) < 4.78 is 12.9. The van der Waals surface area contributed by atoms with Gasteiger partial charge in [-0.15, -0.1) is 0 Å². The van der Waals surface area contributed by atoms with E-state index in [4.69, 9.17) is 21.1 Å². The Morgan fingerprint density at radius 2 is 1.57 bits per heavy atom. The van der Waals surface area contributed by atoms with Crippen LogP contribution in [0.4, 0.5) is 17.1 Å². The van der Waals surface area contributed by atoms with Gasteiger partial charge >= 0.3 is 5.97 Å². The lowest BCUT2D eigenvalue weighted by Gasteiger charge is -2.37. The zero-order valence-electron chi connectivity index (χ0n) is 21.0. The van der Waals surface area contributed by atoms with Crippen LogP contribution in [-0.2, 0) is 10.3 Å². The van der Waals surface area contributed by atoms with E-state index in [1.807, 2.05) is 79.7 Å². The van der Waals surface area contributed by atoms with Crippen molar-refractivity contribution in [1.29, 1.82) is 0 Å². The lowest BCUT2D eigenvalue weighted by Crippen LogP contribution is -2.33. The van der Waals surface area contributed by atoms with Crippen LogP contribution in [0.25, 0.3) is 0 Å². The van der Waals surface area contributed by atoms with Crippen molar-refractivity contribution >= 4 is 34.6 Å². The molecule has 0 saturated heterocycles. The van der Waals surface area contributed by atoms with Gasteiger partial charge in [0.1, 0.15) is 11.5 Å². The number of nitrogens with one attached hydrogen (secondary N) is 1. The SMILES string of the molecule is CCN(CC)c1ccc2c(c1)Oc1cc(C)c(Nc3ccccc3Cl)cc1[C@]21OC(=O)c2ccccc21. The van der Waals surface area contributed by atoms with Gasteiger partial charge in [0.05, 0.1) is 16.3 Å².